The Bertz CT molecular complexity index is 1250. The van der Waals surface area contributed by atoms with E-state index in [0.717, 1.165) is 38.8 Å². The van der Waals surface area contributed by atoms with E-state index >= 15 is 0 Å². The summed E-state index contributed by atoms with van der Waals surface area (Å²) in [7, 11) is 1.63. The summed E-state index contributed by atoms with van der Waals surface area (Å²) in [6.45, 7) is 19.0. The Labute approximate surface area is 295 Å². The standard InChI is InChI=1S/C40H68N2O7/c1-24(17-27(47-8)34(45)36(4,5)46)26-19-30(43)38(7)29-10-9-28-35(2,3)31(11-12-39(28)23-40(29,39)14-13-37(26,38)6)49-33-22-42(15-16-48-33)32(44)18-25-20-41-21-25/h24-31,33-34,41,43,45-46H,9-23H2,1-8H3/t24-,26?,27?,28+,29?,30+,31?,33?,34?,37?,38-,39?,40?/m1/s1. The first kappa shape index (κ1) is 36.5. The lowest BCUT2D eigenvalue weighted by Crippen LogP contribution is -2.60. The number of hydrogen-bond acceptors (Lipinski definition) is 8. The zero-order chi connectivity index (χ0) is 35.4. The van der Waals surface area contributed by atoms with Crippen LogP contribution in [0.4, 0.5) is 0 Å². The van der Waals surface area contributed by atoms with Crippen molar-refractivity contribution in [3.05, 3.63) is 0 Å². The smallest absolute Gasteiger partial charge is 0.223 e. The molecule has 2 heterocycles. The highest BCUT2D eigenvalue weighted by Crippen LogP contribution is 2.89. The fraction of sp³-hybridized carbons (Fsp3) is 0.975. The average molecular weight is 689 g/mol. The lowest BCUT2D eigenvalue weighted by atomic mass is 9.41. The lowest BCUT2D eigenvalue weighted by Gasteiger charge is -2.64. The van der Waals surface area contributed by atoms with Crippen molar-refractivity contribution < 1.29 is 34.3 Å². The summed E-state index contributed by atoms with van der Waals surface area (Å²) in [5.41, 5.74) is -0.782. The van der Waals surface area contributed by atoms with Crippen LogP contribution < -0.4 is 5.32 Å². The molecule has 9 nitrogen and oxygen atoms in total. The first-order chi connectivity index (χ1) is 22.9. The predicted molar refractivity (Wildman–Crippen MR) is 187 cm³/mol. The van der Waals surface area contributed by atoms with Crippen molar-refractivity contribution in [1.29, 1.82) is 0 Å². The van der Waals surface area contributed by atoms with E-state index in [1.165, 1.54) is 25.7 Å². The molecule has 0 radical (unpaired) electrons. The number of carbonyl (C=O) groups is 1. The number of carbonyl (C=O) groups excluding carboxylic acids is 1. The molecule has 2 aliphatic heterocycles. The molecule has 49 heavy (non-hydrogen) atoms. The number of nitrogens with one attached hydrogen (secondary N) is 1. The van der Waals surface area contributed by atoms with Gasteiger partial charge in [-0.1, -0.05) is 34.6 Å². The molecule has 9 heteroatoms. The van der Waals surface area contributed by atoms with E-state index in [9.17, 15) is 20.1 Å². The molecule has 0 bridgehead atoms. The number of ether oxygens (including phenoxy) is 3. The summed E-state index contributed by atoms with van der Waals surface area (Å²) in [6.07, 6.45) is 8.24. The topological polar surface area (TPSA) is 121 Å². The second-order valence-electron chi connectivity index (χ2n) is 19.7. The molecule has 0 aromatic heterocycles. The van der Waals surface area contributed by atoms with E-state index in [1.807, 2.05) is 4.90 Å². The minimum absolute atomic E-state index is 0.00293. The highest BCUT2D eigenvalue weighted by Gasteiger charge is 2.83. The second-order valence-corrected chi connectivity index (χ2v) is 19.7. The molecule has 7 aliphatic rings. The maximum absolute atomic E-state index is 13.0. The van der Waals surface area contributed by atoms with Crippen molar-refractivity contribution >= 4 is 5.91 Å². The van der Waals surface area contributed by atoms with E-state index in [2.05, 4.69) is 39.9 Å². The summed E-state index contributed by atoms with van der Waals surface area (Å²) in [4.78, 5) is 15.0. The highest BCUT2D eigenvalue weighted by atomic mass is 16.7. The maximum Gasteiger partial charge on any atom is 0.223 e. The normalized spacial score (nSPS) is 46.4. The van der Waals surface area contributed by atoms with Crippen LogP contribution in [0.5, 0.6) is 0 Å². The molecule has 2 spiro atoms. The van der Waals surface area contributed by atoms with Crippen LogP contribution in [0.3, 0.4) is 0 Å². The molecule has 0 aromatic rings. The van der Waals surface area contributed by atoms with Crippen LogP contribution in [-0.2, 0) is 19.0 Å². The lowest BCUT2D eigenvalue weighted by molar-refractivity contribution is -0.248. The first-order valence-electron chi connectivity index (χ1n) is 19.8. The van der Waals surface area contributed by atoms with E-state index < -0.39 is 17.8 Å². The molecule has 5 saturated carbocycles. The predicted octanol–water partition coefficient (Wildman–Crippen LogP) is 4.75. The van der Waals surface area contributed by atoms with E-state index in [0.29, 0.717) is 67.0 Å². The van der Waals surface area contributed by atoms with Crippen LogP contribution in [0, 0.1) is 56.7 Å². The first-order valence-corrected chi connectivity index (χ1v) is 19.8. The maximum atomic E-state index is 13.0. The van der Waals surface area contributed by atoms with Gasteiger partial charge in [0.2, 0.25) is 5.91 Å². The molecule has 0 aromatic carbocycles. The number of methoxy groups -OCH3 is 1. The summed E-state index contributed by atoms with van der Waals surface area (Å²) in [5, 5.41) is 36.9. The minimum atomic E-state index is -1.24. The van der Waals surface area contributed by atoms with Gasteiger partial charge in [0, 0.05) is 25.5 Å². The average Bonchev–Trinajstić information content (AvgIpc) is 3.65. The number of amides is 1. The summed E-state index contributed by atoms with van der Waals surface area (Å²) in [6, 6.07) is 0. The molecular weight excluding hydrogens is 620 g/mol. The molecule has 13 atom stereocenters. The Kier molecular flexibility index (Phi) is 9.23. The van der Waals surface area contributed by atoms with Gasteiger partial charge in [0.05, 0.1) is 37.1 Å². The van der Waals surface area contributed by atoms with Crippen molar-refractivity contribution in [2.45, 2.75) is 149 Å². The van der Waals surface area contributed by atoms with Crippen LogP contribution >= 0.6 is 0 Å². The summed E-state index contributed by atoms with van der Waals surface area (Å²) >= 11 is 0. The van der Waals surface area contributed by atoms with Crippen molar-refractivity contribution in [2.24, 2.45) is 56.7 Å². The molecule has 5 aliphatic carbocycles. The second kappa shape index (κ2) is 12.4. The Morgan fingerprint density at radius 1 is 1.06 bits per heavy atom. The molecule has 7 rings (SSSR count). The van der Waals surface area contributed by atoms with Gasteiger partial charge in [-0.2, -0.15) is 0 Å². The van der Waals surface area contributed by atoms with Crippen LogP contribution in [0.15, 0.2) is 0 Å². The third-order valence-electron chi connectivity index (χ3n) is 16.9. The molecule has 9 unspecified atom stereocenters. The monoisotopic (exact) mass is 689 g/mol. The minimum Gasteiger partial charge on any atom is -0.393 e. The van der Waals surface area contributed by atoms with Crippen molar-refractivity contribution in [3.63, 3.8) is 0 Å². The van der Waals surface area contributed by atoms with Crippen LogP contribution in [0.1, 0.15) is 113 Å². The van der Waals surface area contributed by atoms with Crippen LogP contribution in [0.25, 0.3) is 0 Å². The van der Waals surface area contributed by atoms with E-state index in [1.54, 1.807) is 21.0 Å². The van der Waals surface area contributed by atoms with Gasteiger partial charge in [0.25, 0.3) is 0 Å². The Hall–Kier alpha value is -0.810. The SMILES string of the molecule is COC(C[C@@H](C)C1C[C@H](O)[C@@]2(C)C3CC[C@H]4C(C)(C)C(OC5CN(C(=O)CC6CNC6)CCO5)CCC45CC35CCC12C)C(O)C(C)(C)O. The summed E-state index contributed by atoms with van der Waals surface area (Å²) in [5.74, 6) is 2.36. The summed E-state index contributed by atoms with van der Waals surface area (Å²) < 4.78 is 18.7. The molecular formula is C40H68N2O7. The van der Waals surface area contributed by atoms with Gasteiger partial charge in [0.15, 0.2) is 6.29 Å². The Balaban J connectivity index is 1.04. The number of aliphatic hydroxyl groups excluding tert-OH is 2. The highest BCUT2D eigenvalue weighted by molar-refractivity contribution is 5.76. The Morgan fingerprint density at radius 2 is 1.76 bits per heavy atom. The third-order valence-corrected chi connectivity index (χ3v) is 16.9. The van der Waals surface area contributed by atoms with E-state index in [-0.39, 0.29) is 46.6 Å². The van der Waals surface area contributed by atoms with Gasteiger partial charge in [-0.3, -0.25) is 4.79 Å². The largest absolute Gasteiger partial charge is 0.393 e. The van der Waals surface area contributed by atoms with Crippen molar-refractivity contribution in [3.8, 4) is 0 Å². The zero-order valence-electron chi connectivity index (χ0n) is 31.8. The number of nitrogens with zero attached hydrogens (tertiary/aromatic N) is 1. The van der Waals surface area contributed by atoms with Gasteiger partial charge < -0.3 is 39.7 Å². The van der Waals surface area contributed by atoms with Gasteiger partial charge in [-0.05, 0) is 136 Å². The zero-order valence-corrected chi connectivity index (χ0v) is 31.8. The van der Waals surface area contributed by atoms with Gasteiger partial charge in [-0.25, -0.2) is 0 Å². The fourth-order valence-electron chi connectivity index (χ4n) is 13.8. The molecule has 2 saturated heterocycles. The van der Waals surface area contributed by atoms with Crippen molar-refractivity contribution in [2.75, 3.05) is 39.9 Å². The molecule has 7 fully saturated rings. The van der Waals surface area contributed by atoms with Crippen molar-refractivity contribution in [1.82, 2.24) is 10.2 Å². The van der Waals surface area contributed by atoms with E-state index in [4.69, 9.17) is 14.2 Å². The van der Waals surface area contributed by atoms with Crippen LogP contribution in [0.2, 0.25) is 0 Å². The van der Waals surface area contributed by atoms with Gasteiger partial charge in [-0.15, -0.1) is 0 Å². The number of fused-ring (bicyclic) bond motifs is 2. The number of rotatable bonds is 10. The Morgan fingerprint density at radius 3 is 2.41 bits per heavy atom. The number of hydrogen-bond donors (Lipinski definition) is 4. The van der Waals surface area contributed by atoms with Crippen LogP contribution in [-0.4, -0.2) is 102 Å². The molecule has 280 valence electrons. The van der Waals surface area contributed by atoms with Gasteiger partial charge >= 0.3 is 0 Å². The number of morpholine rings is 1. The fourth-order valence-corrected chi connectivity index (χ4v) is 13.8. The quantitative estimate of drug-likeness (QED) is 0.260. The number of aliphatic hydroxyl groups is 3. The van der Waals surface area contributed by atoms with Gasteiger partial charge in [0.1, 0.15) is 6.10 Å². The third kappa shape index (κ3) is 5.43. The molecule has 4 N–H and O–H groups in total. The molecule has 1 amide bonds.